The highest BCUT2D eigenvalue weighted by Gasteiger charge is 2.06. The molecule has 3 heteroatoms. The number of pyridine rings is 1. The first kappa shape index (κ1) is 13.1. The van der Waals surface area contributed by atoms with Gasteiger partial charge in [0, 0.05) is 16.0 Å². The molecule has 1 N–H and O–H groups in total. The molecule has 0 unspecified atom stereocenters. The number of nitrogens with zero attached hydrogens (tertiary/aromatic N) is 1. The third-order valence-corrected chi connectivity index (χ3v) is 3.68. The lowest BCUT2D eigenvalue weighted by Gasteiger charge is -2.08. The Morgan fingerprint density at radius 1 is 1.22 bits per heavy atom. The maximum absolute atomic E-state index is 9.68. The molecule has 1 aromatic carbocycles. The maximum atomic E-state index is 9.68. The van der Waals surface area contributed by atoms with Crippen LogP contribution in [-0.2, 0) is 0 Å². The summed E-state index contributed by atoms with van der Waals surface area (Å²) >= 11 is 1.69. The van der Waals surface area contributed by atoms with Crippen LogP contribution in [-0.4, -0.2) is 10.1 Å². The first-order valence-corrected chi connectivity index (χ1v) is 6.89. The molecule has 0 aliphatic carbocycles. The Morgan fingerprint density at radius 3 is 2.67 bits per heavy atom. The van der Waals surface area contributed by atoms with Gasteiger partial charge in [-0.3, -0.25) is 4.98 Å². The summed E-state index contributed by atoms with van der Waals surface area (Å²) in [5.74, 6) is 0. The minimum Gasteiger partial charge on any atom is -0.387 e. The van der Waals surface area contributed by atoms with Crippen LogP contribution in [0.4, 0.5) is 0 Å². The van der Waals surface area contributed by atoms with Gasteiger partial charge in [0.25, 0.3) is 0 Å². The van der Waals surface area contributed by atoms with E-state index in [-0.39, 0.29) is 0 Å². The number of rotatable bonds is 4. The molecule has 1 atom stereocenters. The largest absolute Gasteiger partial charge is 0.387 e. The van der Waals surface area contributed by atoms with Crippen LogP contribution in [0.2, 0.25) is 0 Å². The summed E-state index contributed by atoms with van der Waals surface area (Å²) in [7, 11) is 0. The summed E-state index contributed by atoms with van der Waals surface area (Å²) in [5.41, 5.74) is 2.00. The van der Waals surface area contributed by atoms with Crippen molar-refractivity contribution in [1.29, 1.82) is 0 Å². The minimum atomic E-state index is -0.456. The van der Waals surface area contributed by atoms with Gasteiger partial charge in [0.05, 0.1) is 11.8 Å². The Bertz CT molecular complexity index is 510. The molecule has 2 aromatic rings. The molecule has 1 aromatic heterocycles. The van der Waals surface area contributed by atoms with Crippen molar-refractivity contribution in [3.8, 4) is 0 Å². The zero-order valence-corrected chi connectivity index (χ0v) is 11.4. The number of aliphatic hydroxyl groups is 1. The van der Waals surface area contributed by atoms with Gasteiger partial charge in [-0.15, -0.1) is 0 Å². The molecule has 0 saturated carbocycles. The molecule has 0 spiro atoms. The number of aromatic nitrogens is 1. The van der Waals surface area contributed by atoms with E-state index in [4.69, 9.17) is 0 Å². The molecule has 0 radical (unpaired) electrons. The molecule has 18 heavy (non-hydrogen) atoms. The molecule has 0 bridgehead atoms. The predicted octanol–water partition coefficient (Wildman–Crippen LogP) is 3.98. The summed E-state index contributed by atoms with van der Waals surface area (Å²) < 4.78 is 0. The highest BCUT2D eigenvalue weighted by molar-refractivity contribution is 7.99. The maximum Gasteiger partial charge on any atom is 0.0957 e. The van der Waals surface area contributed by atoms with Crippen molar-refractivity contribution >= 4 is 11.8 Å². The third-order valence-electron chi connectivity index (χ3n) is 2.71. The van der Waals surface area contributed by atoms with Gasteiger partial charge in [0.1, 0.15) is 0 Å². The van der Waals surface area contributed by atoms with E-state index in [1.807, 2.05) is 25.3 Å². The Kier molecular flexibility index (Phi) is 4.39. The van der Waals surface area contributed by atoms with Crippen LogP contribution in [0.25, 0.3) is 0 Å². The summed E-state index contributed by atoms with van der Waals surface area (Å²) in [6.45, 7) is 4.03. The van der Waals surface area contributed by atoms with Gasteiger partial charge < -0.3 is 5.11 Å². The van der Waals surface area contributed by atoms with Crippen LogP contribution >= 0.6 is 11.8 Å². The smallest absolute Gasteiger partial charge is 0.0957 e. The second-order valence-corrected chi connectivity index (χ2v) is 5.41. The van der Waals surface area contributed by atoms with E-state index in [0.717, 1.165) is 10.6 Å². The van der Waals surface area contributed by atoms with Gasteiger partial charge in [-0.05, 0) is 37.6 Å². The molecule has 94 valence electrons. The fraction of sp³-hybridized carbons (Fsp3) is 0.267. The van der Waals surface area contributed by atoms with Gasteiger partial charge in [-0.2, -0.15) is 0 Å². The molecule has 0 fully saturated rings. The molecular weight excluding hydrogens is 242 g/mol. The Balaban J connectivity index is 2.11. The number of aryl methyl sites for hydroxylation is 1. The molecule has 2 nitrogen and oxygen atoms in total. The van der Waals surface area contributed by atoms with E-state index < -0.39 is 6.10 Å². The van der Waals surface area contributed by atoms with Gasteiger partial charge in [-0.1, -0.05) is 36.4 Å². The molecule has 0 amide bonds. The van der Waals surface area contributed by atoms with Crippen LogP contribution in [0, 0.1) is 6.92 Å². The molecule has 0 aliphatic heterocycles. The summed E-state index contributed by atoms with van der Waals surface area (Å²) in [6, 6.07) is 12.3. The second kappa shape index (κ2) is 6.03. The van der Waals surface area contributed by atoms with Crippen molar-refractivity contribution in [1.82, 2.24) is 4.98 Å². The van der Waals surface area contributed by atoms with Gasteiger partial charge >= 0.3 is 0 Å². The van der Waals surface area contributed by atoms with Crippen LogP contribution in [0.1, 0.15) is 30.7 Å². The number of aliphatic hydroxyl groups excluding tert-OH is 1. The SMILES string of the molecule is CC[C@H](O)c1ccc(Sc2cccc(C)c2)cn1. The zero-order chi connectivity index (χ0) is 13.0. The normalized spacial score (nSPS) is 12.4. The molecule has 0 aliphatic rings. The lowest BCUT2D eigenvalue weighted by atomic mass is 10.2. The monoisotopic (exact) mass is 259 g/mol. The summed E-state index contributed by atoms with van der Waals surface area (Å²) in [4.78, 5) is 6.60. The molecule has 1 heterocycles. The van der Waals surface area contributed by atoms with Crippen molar-refractivity contribution in [3.05, 3.63) is 53.9 Å². The molecular formula is C15H17NOS. The third kappa shape index (κ3) is 3.34. The predicted molar refractivity (Wildman–Crippen MR) is 74.8 cm³/mol. The molecule has 0 saturated heterocycles. The van der Waals surface area contributed by atoms with Crippen LogP contribution in [0.3, 0.4) is 0 Å². The van der Waals surface area contributed by atoms with E-state index in [1.54, 1.807) is 11.8 Å². The van der Waals surface area contributed by atoms with Crippen molar-refractivity contribution < 1.29 is 5.11 Å². The first-order chi connectivity index (χ1) is 8.69. The van der Waals surface area contributed by atoms with E-state index >= 15 is 0 Å². The minimum absolute atomic E-state index is 0.456. The second-order valence-electron chi connectivity index (χ2n) is 4.26. The van der Waals surface area contributed by atoms with Crippen molar-refractivity contribution in [2.24, 2.45) is 0 Å². The number of benzene rings is 1. The summed E-state index contributed by atoms with van der Waals surface area (Å²) in [6.07, 6.45) is 2.06. The van der Waals surface area contributed by atoms with Gasteiger partial charge in [-0.25, -0.2) is 0 Å². The topological polar surface area (TPSA) is 33.1 Å². The van der Waals surface area contributed by atoms with E-state index in [0.29, 0.717) is 6.42 Å². The Morgan fingerprint density at radius 2 is 2.06 bits per heavy atom. The number of hydrogen-bond donors (Lipinski definition) is 1. The van der Waals surface area contributed by atoms with Gasteiger partial charge in [0.15, 0.2) is 0 Å². The van der Waals surface area contributed by atoms with Gasteiger partial charge in [0.2, 0.25) is 0 Å². The van der Waals surface area contributed by atoms with Crippen molar-refractivity contribution in [2.75, 3.05) is 0 Å². The van der Waals surface area contributed by atoms with Crippen molar-refractivity contribution in [3.63, 3.8) is 0 Å². The van der Waals surface area contributed by atoms with Crippen LogP contribution in [0.15, 0.2) is 52.4 Å². The first-order valence-electron chi connectivity index (χ1n) is 6.07. The fourth-order valence-electron chi connectivity index (χ4n) is 1.67. The molecule has 2 rings (SSSR count). The average Bonchev–Trinajstić information content (AvgIpc) is 2.39. The van der Waals surface area contributed by atoms with Crippen molar-refractivity contribution in [2.45, 2.75) is 36.2 Å². The average molecular weight is 259 g/mol. The van der Waals surface area contributed by atoms with E-state index in [9.17, 15) is 5.11 Å². The van der Waals surface area contributed by atoms with E-state index in [2.05, 4.69) is 36.2 Å². The highest BCUT2D eigenvalue weighted by atomic mass is 32.2. The Labute approximate surface area is 112 Å². The zero-order valence-electron chi connectivity index (χ0n) is 10.6. The number of hydrogen-bond acceptors (Lipinski definition) is 3. The van der Waals surface area contributed by atoms with Crippen LogP contribution < -0.4 is 0 Å². The standard InChI is InChI=1S/C15H17NOS/c1-3-15(17)14-8-7-13(10-16-14)18-12-6-4-5-11(2)9-12/h4-10,15,17H,3H2,1-2H3/t15-/m0/s1. The highest BCUT2D eigenvalue weighted by Crippen LogP contribution is 2.28. The Hall–Kier alpha value is -1.32. The summed E-state index contributed by atoms with van der Waals surface area (Å²) in [5, 5.41) is 9.68. The van der Waals surface area contributed by atoms with Crippen LogP contribution in [0.5, 0.6) is 0 Å². The quantitative estimate of drug-likeness (QED) is 0.901. The van der Waals surface area contributed by atoms with E-state index in [1.165, 1.54) is 10.5 Å². The lowest BCUT2D eigenvalue weighted by Crippen LogP contribution is -1.97. The fourth-order valence-corrected chi connectivity index (χ4v) is 2.58. The lowest BCUT2D eigenvalue weighted by molar-refractivity contribution is 0.169.